The predicted octanol–water partition coefficient (Wildman–Crippen LogP) is 4.34. The summed E-state index contributed by atoms with van der Waals surface area (Å²) < 4.78 is 5.27. The maximum Gasteiger partial charge on any atom is 0.410 e. The van der Waals surface area contributed by atoms with Crippen molar-refractivity contribution in [3.05, 3.63) is 24.3 Å². The van der Waals surface area contributed by atoms with E-state index in [-0.39, 0.29) is 30.9 Å². The van der Waals surface area contributed by atoms with Crippen LogP contribution < -0.4 is 5.32 Å². The third-order valence-electron chi connectivity index (χ3n) is 3.43. The Kier molecular flexibility index (Phi) is 12.6. The number of carbonyl (C=O) groups excluding carboxylic acids is 1. The van der Waals surface area contributed by atoms with Crippen LogP contribution in [0.5, 0.6) is 0 Å². The van der Waals surface area contributed by atoms with Crippen LogP contribution in [0.1, 0.15) is 46.5 Å². The first-order chi connectivity index (χ1) is 9.78. The van der Waals surface area contributed by atoms with Gasteiger partial charge >= 0.3 is 6.09 Å². The molecule has 2 fully saturated rings. The molecule has 0 aromatic rings. The Morgan fingerprint density at radius 2 is 1.43 bits per heavy atom. The molecule has 0 spiro atoms. The minimum Gasteiger partial charge on any atom is -0.444 e. The van der Waals surface area contributed by atoms with E-state index in [1.165, 1.54) is 24.0 Å². The zero-order valence-electron chi connectivity index (χ0n) is 14.7. The molecule has 4 nitrogen and oxygen atoms in total. The highest BCUT2D eigenvalue weighted by Crippen LogP contribution is 2.17. The van der Waals surface area contributed by atoms with Crippen LogP contribution >= 0.6 is 24.8 Å². The smallest absolute Gasteiger partial charge is 0.410 e. The van der Waals surface area contributed by atoms with Crippen molar-refractivity contribution in [3.63, 3.8) is 0 Å². The highest BCUT2D eigenvalue weighted by atomic mass is 35.5. The highest BCUT2D eigenvalue weighted by Gasteiger charge is 2.23. The van der Waals surface area contributed by atoms with E-state index in [2.05, 4.69) is 18.5 Å². The van der Waals surface area contributed by atoms with E-state index in [0.717, 1.165) is 39.0 Å². The minimum absolute atomic E-state index is 0. The molecule has 1 N–H and O–H groups in total. The van der Waals surface area contributed by atoms with Crippen LogP contribution in [0.15, 0.2) is 24.3 Å². The number of hydrogen-bond donors (Lipinski definition) is 1. The summed E-state index contributed by atoms with van der Waals surface area (Å²) >= 11 is 0. The molecule has 2 saturated heterocycles. The standard InChI is InChI=1S/C11H19NO2.C6H11N.2ClH/c1-9-5-7-12(8-6-9)10(13)14-11(2,3)4;1-6-2-4-7-5-3-6;;/h1,5-8H2,2-4H3;7H,1-5H2;2*1H. The van der Waals surface area contributed by atoms with Crippen LogP contribution in [0.2, 0.25) is 0 Å². The van der Waals surface area contributed by atoms with Crippen molar-refractivity contribution in [2.75, 3.05) is 26.2 Å². The van der Waals surface area contributed by atoms with Gasteiger partial charge in [-0.05, 0) is 59.5 Å². The molecule has 0 aliphatic carbocycles. The summed E-state index contributed by atoms with van der Waals surface area (Å²) in [5, 5.41) is 3.25. The van der Waals surface area contributed by atoms with Crippen LogP contribution in [0.4, 0.5) is 4.79 Å². The topological polar surface area (TPSA) is 41.6 Å². The lowest BCUT2D eigenvalue weighted by atomic mass is 10.1. The average Bonchev–Trinajstić information content (AvgIpc) is 2.39. The summed E-state index contributed by atoms with van der Waals surface area (Å²) in [7, 11) is 0. The monoisotopic (exact) mass is 366 g/mol. The Morgan fingerprint density at radius 1 is 1.00 bits per heavy atom. The van der Waals surface area contributed by atoms with Gasteiger partial charge < -0.3 is 15.0 Å². The third kappa shape index (κ3) is 11.5. The maximum atomic E-state index is 11.6. The van der Waals surface area contributed by atoms with E-state index in [9.17, 15) is 4.79 Å². The Balaban J connectivity index is 0. The lowest BCUT2D eigenvalue weighted by Crippen LogP contribution is -2.40. The van der Waals surface area contributed by atoms with Gasteiger partial charge in [-0.2, -0.15) is 0 Å². The lowest BCUT2D eigenvalue weighted by Gasteiger charge is -2.30. The molecule has 0 aromatic heterocycles. The normalized spacial score (nSPS) is 18.0. The van der Waals surface area contributed by atoms with Crippen LogP contribution in [-0.4, -0.2) is 42.8 Å². The predicted molar refractivity (Wildman–Crippen MR) is 102 cm³/mol. The van der Waals surface area contributed by atoms with Crippen LogP contribution in [0.3, 0.4) is 0 Å². The van der Waals surface area contributed by atoms with Gasteiger partial charge in [-0.15, -0.1) is 24.8 Å². The number of carbonyl (C=O) groups is 1. The summed E-state index contributed by atoms with van der Waals surface area (Å²) in [6.07, 6.45) is 3.96. The Labute approximate surface area is 153 Å². The molecule has 1 amide bonds. The second kappa shape index (κ2) is 11.8. The second-order valence-electron chi connectivity index (χ2n) is 6.72. The number of piperidine rings is 2. The zero-order chi connectivity index (χ0) is 15.9. The molecule has 0 radical (unpaired) electrons. The Morgan fingerprint density at radius 3 is 1.78 bits per heavy atom. The van der Waals surface area contributed by atoms with E-state index in [1.807, 2.05) is 20.8 Å². The minimum atomic E-state index is -0.397. The first kappa shape index (κ1) is 24.5. The van der Waals surface area contributed by atoms with Crippen molar-refractivity contribution in [1.29, 1.82) is 0 Å². The quantitative estimate of drug-likeness (QED) is 0.648. The van der Waals surface area contributed by atoms with Gasteiger partial charge in [-0.1, -0.05) is 24.3 Å². The second-order valence-corrected chi connectivity index (χ2v) is 6.72. The molecule has 0 bridgehead atoms. The van der Waals surface area contributed by atoms with Crippen LogP contribution in [0, 0.1) is 0 Å². The van der Waals surface area contributed by atoms with Gasteiger partial charge in [0.05, 0.1) is 0 Å². The summed E-state index contributed by atoms with van der Waals surface area (Å²) in [5.74, 6) is 0. The molecule has 2 heterocycles. The number of hydrogen-bond acceptors (Lipinski definition) is 3. The van der Waals surface area contributed by atoms with Crippen molar-refractivity contribution >= 4 is 30.9 Å². The molecule has 2 aliphatic rings. The molecule has 136 valence electrons. The van der Waals surface area contributed by atoms with Crippen LogP contribution in [0.25, 0.3) is 0 Å². The number of rotatable bonds is 0. The van der Waals surface area contributed by atoms with Crippen molar-refractivity contribution in [1.82, 2.24) is 10.2 Å². The summed E-state index contributed by atoms with van der Waals surface area (Å²) in [5.41, 5.74) is 2.23. The van der Waals surface area contributed by atoms with Crippen molar-refractivity contribution in [3.8, 4) is 0 Å². The molecule has 0 saturated carbocycles. The van der Waals surface area contributed by atoms with Crippen molar-refractivity contribution in [2.24, 2.45) is 0 Å². The average molecular weight is 367 g/mol. The fourth-order valence-corrected chi connectivity index (χ4v) is 2.11. The van der Waals surface area contributed by atoms with Gasteiger partial charge in [0.25, 0.3) is 0 Å². The van der Waals surface area contributed by atoms with E-state index in [0.29, 0.717) is 0 Å². The third-order valence-corrected chi connectivity index (χ3v) is 3.43. The zero-order valence-corrected chi connectivity index (χ0v) is 16.3. The molecule has 23 heavy (non-hydrogen) atoms. The number of likely N-dealkylation sites (tertiary alicyclic amines) is 1. The van der Waals surface area contributed by atoms with E-state index in [1.54, 1.807) is 4.90 Å². The Bertz CT molecular complexity index is 375. The number of nitrogens with one attached hydrogen (secondary N) is 1. The Hall–Kier alpha value is -0.710. The first-order valence-electron chi connectivity index (χ1n) is 7.80. The fourth-order valence-electron chi connectivity index (χ4n) is 2.11. The highest BCUT2D eigenvalue weighted by molar-refractivity contribution is 5.85. The lowest BCUT2D eigenvalue weighted by molar-refractivity contribution is 0.0236. The molecule has 2 rings (SSSR count). The van der Waals surface area contributed by atoms with Crippen LogP contribution in [-0.2, 0) is 4.74 Å². The van der Waals surface area contributed by atoms with Crippen molar-refractivity contribution in [2.45, 2.75) is 52.1 Å². The first-order valence-corrected chi connectivity index (χ1v) is 7.80. The van der Waals surface area contributed by atoms with Gasteiger partial charge in [0.1, 0.15) is 5.60 Å². The summed E-state index contributed by atoms with van der Waals surface area (Å²) in [6, 6.07) is 0. The molecule has 0 atom stereocenters. The van der Waals surface area contributed by atoms with Crippen molar-refractivity contribution < 1.29 is 9.53 Å². The maximum absolute atomic E-state index is 11.6. The van der Waals surface area contributed by atoms with Gasteiger partial charge in [0, 0.05) is 13.1 Å². The van der Waals surface area contributed by atoms with E-state index in [4.69, 9.17) is 4.74 Å². The molecule has 0 unspecified atom stereocenters. The summed E-state index contributed by atoms with van der Waals surface area (Å²) in [6.45, 7) is 17.2. The summed E-state index contributed by atoms with van der Waals surface area (Å²) in [4.78, 5) is 13.3. The molecular formula is C17H32Cl2N2O2. The number of halogens is 2. The van der Waals surface area contributed by atoms with Gasteiger partial charge in [-0.25, -0.2) is 4.79 Å². The molecular weight excluding hydrogens is 335 g/mol. The fraction of sp³-hybridized carbons (Fsp3) is 0.706. The number of amides is 1. The van der Waals surface area contributed by atoms with E-state index < -0.39 is 5.60 Å². The number of nitrogens with zero attached hydrogens (tertiary/aromatic N) is 1. The van der Waals surface area contributed by atoms with Gasteiger partial charge in [-0.3, -0.25) is 0 Å². The molecule has 6 heteroatoms. The van der Waals surface area contributed by atoms with E-state index >= 15 is 0 Å². The van der Waals surface area contributed by atoms with Gasteiger partial charge in [0.15, 0.2) is 0 Å². The van der Waals surface area contributed by atoms with Gasteiger partial charge in [0.2, 0.25) is 0 Å². The number of ether oxygens (including phenoxy) is 1. The molecule has 2 aliphatic heterocycles. The largest absolute Gasteiger partial charge is 0.444 e. The SMILES string of the molecule is C=C1CCN(C(=O)OC(C)(C)C)CC1.C=C1CCNCC1.Cl.Cl. The molecule has 0 aromatic carbocycles.